The van der Waals surface area contributed by atoms with Crippen molar-refractivity contribution in [1.29, 1.82) is 0 Å². The maximum absolute atomic E-state index is 11.4. The molecule has 0 aliphatic heterocycles. The van der Waals surface area contributed by atoms with E-state index in [4.69, 9.17) is 10.5 Å². The summed E-state index contributed by atoms with van der Waals surface area (Å²) in [6.07, 6.45) is 0. The van der Waals surface area contributed by atoms with E-state index in [2.05, 4.69) is 9.97 Å². The van der Waals surface area contributed by atoms with Crippen molar-refractivity contribution >= 4 is 16.9 Å². The molecule has 100 valence electrons. The number of nitrogens with zero attached hydrogens (tertiary/aromatic N) is 1. The van der Waals surface area contributed by atoms with Crippen LogP contribution in [0.25, 0.3) is 22.4 Å². The summed E-state index contributed by atoms with van der Waals surface area (Å²) in [7, 11) is 1.61. The molecule has 2 aromatic carbocycles. The van der Waals surface area contributed by atoms with Gasteiger partial charge in [-0.2, -0.15) is 0 Å². The molecule has 0 saturated carbocycles. The number of hydrogen-bond donors (Lipinski definition) is 2. The van der Waals surface area contributed by atoms with Gasteiger partial charge < -0.3 is 15.5 Å². The Labute approximate surface area is 115 Å². The third kappa shape index (κ3) is 1.99. The van der Waals surface area contributed by atoms with Gasteiger partial charge in [-0.1, -0.05) is 18.2 Å². The Morgan fingerprint density at radius 1 is 1.25 bits per heavy atom. The number of nitrogens with one attached hydrogen (secondary N) is 1. The number of carbonyl (C=O) groups excluding carboxylic acids is 1. The van der Waals surface area contributed by atoms with Gasteiger partial charge in [-0.05, 0) is 24.3 Å². The Bertz CT molecular complexity index is 793. The fourth-order valence-corrected chi connectivity index (χ4v) is 2.14. The fraction of sp³-hybridized carbons (Fsp3) is 0.0667. The van der Waals surface area contributed by atoms with Gasteiger partial charge in [-0.3, -0.25) is 4.79 Å². The molecule has 1 amide bonds. The van der Waals surface area contributed by atoms with Gasteiger partial charge in [0, 0.05) is 5.56 Å². The van der Waals surface area contributed by atoms with Crippen LogP contribution in [-0.2, 0) is 0 Å². The highest BCUT2D eigenvalue weighted by Gasteiger charge is 2.12. The number of methoxy groups -OCH3 is 1. The lowest BCUT2D eigenvalue weighted by molar-refractivity contribution is 0.100. The van der Waals surface area contributed by atoms with Gasteiger partial charge in [-0.25, -0.2) is 4.98 Å². The van der Waals surface area contributed by atoms with Crippen LogP contribution >= 0.6 is 0 Å². The summed E-state index contributed by atoms with van der Waals surface area (Å²) in [6.45, 7) is 0. The number of aromatic nitrogens is 2. The van der Waals surface area contributed by atoms with Gasteiger partial charge in [-0.15, -0.1) is 0 Å². The van der Waals surface area contributed by atoms with Crippen molar-refractivity contribution in [1.82, 2.24) is 9.97 Å². The SMILES string of the molecule is COc1cccc(-c2nc3c(C(N)=O)cccc3[nH]2)c1. The average molecular weight is 267 g/mol. The quantitative estimate of drug-likeness (QED) is 0.764. The lowest BCUT2D eigenvalue weighted by Crippen LogP contribution is -2.11. The van der Waals surface area contributed by atoms with Crippen LogP contribution in [0.1, 0.15) is 10.4 Å². The molecular formula is C15H13N3O2. The van der Waals surface area contributed by atoms with Gasteiger partial charge >= 0.3 is 0 Å². The number of ether oxygens (including phenoxy) is 1. The van der Waals surface area contributed by atoms with E-state index >= 15 is 0 Å². The van der Waals surface area contributed by atoms with Crippen LogP contribution in [0, 0.1) is 0 Å². The van der Waals surface area contributed by atoms with Gasteiger partial charge in [0.2, 0.25) is 0 Å². The molecule has 0 bridgehead atoms. The minimum absolute atomic E-state index is 0.410. The topological polar surface area (TPSA) is 81.0 Å². The van der Waals surface area contributed by atoms with Crippen LogP contribution < -0.4 is 10.5 Å². The summed E-state index contributed by atoms with van der Waals surface area (Å²) in [4.78, 5) is 19.1. The van der Waals surface area contributed by atoms with E-state index in [1.165, 1.54) is 0 Å². The summed E-state index contributed by atoms with van der Waals surface area (Å²) in [5.41, 5.74) is 8.01. The van der Waals surface area contributed by atoms with E-state index in [9.17, 15) is 4.79 Å². The van der Waals surface area contributed by atoms with Crippen LogP contribution in [0.4, 0.5) is 0 Å². The average Bonchev–Trinajstić information content (AvgIpc) is 2.91. The van der Waals surface area contributed by atoms with Crippen LogP contribution in [0.2, 0.25) is 0 Å². The highest BCUT2D eigenvalue weighted by Crippen LogP contribution is 2.25. The largest absolute Gasteiger partial charge is 0.497 e. The van der Waals surface area contributed by atoms with Crippen LogP contribution in [0.5, 0.6) is 5.75 Å². The number of imidazole rings is 1. The standard InChI is InChI=1S/C15H13N3O2/c1-20-10-5-2-4-9(8-10)15-17-12-7-3-6-11(14(16)19)13(12)18-15/h2-8H,1H3,(H2,16,19)(H,17,18). The second-order valence-electron chi connectivity index (χ2n) is 4.38. The van der Waals surface area contributed by atoms with E-state index < -0.39 is 5.91 Å². The van der Waals surface area contributed by atoms with Crippen LogP contribution in [0.3, 0.4) is 0 Å². The molecule has 0 fully saturated rings. The summed E-state index contributed by atoms with van der Waals surface area (Å²) < 4.78 is 5.20. The van der Waals surface area contributed by atoms with E-state index in [1.54, 1.807) is 19.2 Å². The zero-order chi connectivity index (χ0) is 14.1. The number of carbonyl (C=O) groups is 1. The van der Waals surface area contributed by atoms with E-state index in [0.717, 1.165) is 16.8 Å². The molecule has 5 heteroatoms. The highest BCUT2D eigenvalue weighted by atomic mass is 16.5. The third-order valence-corrected chi connectivity index (χ3v) is 3.12. The molecule has 0 aliphatic rings. The predicted octanol–water partition coefficient (Wildman–Crippen LogP) is 2.34. The molecule has 0 saturated heterocycles. The molecule has 0 atom stereocenters. The molecule has 20 heavy (non-hydrogen) atoms. The molecule has 1 aromatic heterocycles. The first kappa shape index (κ1) is 12.2. The summed E-state index contributed by atoms with van der Waals surface area (Å²) in [5, 5.41) is 0. The second kappa shape index (κ2) is 4.70. The number of hydrogen-bond acceptors (Lipinski definition) is 3. The second-order valence-corrected chi connectivity index (χ2v) is 4.38. The zero-order valence-corrected chi connectivity index (χ0v) is 10.9. The summed E-state index contributed by atoms with van der Waals surface area (Å²) >= 11 is 0. The van der Waals surface area contributed by atoms with Gasteiger partial charge in [0.25, 0.3) is 5.91 Å². The number of aromatic amines is 1. The van der Waals surface area contributed by atoms with Crippen LogP contribution in [-0.4, -0.2) is 23.0 Å². The van der Waals surface area contributed by atoms with Gasteiger partial charge in [0.1, 0.15) is 17.1 Å². The molecule has 1 heterocycles. The lowest BCUT2D eigenvalue weighted by Gasteiger charge is -2.01. The number of benzene rings is 2. The first-order valence-electron chi connectivity index (χ1n) is 6.12. The lowest BCUT2D eigenvalue weighted by atomic mass is 10.2. The summed E-state index contributed by atoms with van der Waals surface area (Å²) in [6, 6.07) is 12.8. The molecule has 0 aliphatic carbocycles. The molecule has 3 rings (SSSR count). The Hall–Kier alpha value is -2.82. The number of H-pyrrole nitrogens is 1. The number of para-hydroxylation sites is 1. The minimum atomic E-state index is -0.487. The molecule has 0 radical (unpaired) electrons. The van der Waals surface area contributed by atoms with Crippen molar-refractivity contribution in [3.05, 3.63) is 48.0 Å². The summed E-state index contributed by atoms with van der Waals surface area (Å²) in [5.74, 6) is 0.935. The molecule has 5 nitrogen and oxygen atoms in total. The number of rotatable bonds is 3. The smallest absolute Gasteiger partial charge is 0.250 e. The number of nitrogens with two attached hydrogens (primary N) is 1. The van der Waals surface area contributed by atoms with Crippen molar-refractivity contribution in [3.63, 3.8) is 0 Å². The normalized spacial score (nSPS) is 10.7. The maximum atomic E-state index is 11.4. The van der Waals surface area contributed by atoms with Crippen molar-refractivity contribution in [3.8, 4) is 17.1 Å². The first-order valence-corrected chi connectivity index (χ1v) is 6.12. The Morgan fingerprint density at radius 3 is 2.80 bits per heavy atom. The van der Waals surface area contributed by atoms with Gasteiger partial charge in [0.05, 0.1) is 18.2 Å². The Morgan fingerprint density at radius 2 is 2.05 bits per heavy atom. The van der Waals surface area contributed by atoms with E-state index in [-0.39, 0.29) is 0 Å². The molecule has 3 aromatic rings. The molecular weight excluding hydrogens is 254 g/mol. The third-order valence-electron chi connectivity index (χ3n) is 3.12. The zero-order valence-electron chi connectivity index (χ0n) is 10.9. The van der Waals surface area contributed by atoms with Crippen molar-refractivity contribution in [2.75, 3.05) is 7.11 Å². The van der Waals surface area contributed by atoms with Gasteiger partial charge in [0.15, 0.2) is 0 Å². The van der Waals surface area contributed by atoms with Crippen LogP contribution in [0.15, 0.2) is 42.5 Å². The first-order chi connectivity index (χ1) is 9.69. The number of fused-ring (bicyclic) bond motifs is 1. The minimum Gasteiger partial charge on any atom is -0.497 e. The predicted molar refractivity (Wildman–Crippen MR) is 76.6 cm³/mol. The van der Waals surface area contributed by atoms with Crippen molar-refractivity contribution in [2.45, 2.75) is 0 Å². The highest BCUT2D eigenvalue weighted by molar-refractivity contribution is 6.04. The molecule has 0 spiro atoms. The number of primary amides is 1. The fourth-order valence-electron chi connectivity index (χ4n) is 2.14. The van der Waals surface area contributed by atoms with Crippen molar-refractivity contribution < 1.29 is 9.53 Å². The monoisotopic (exact) mass is 267 g/mol. The maximum Gasteiger partial charge on any atom is 0.250 e. The van der Waals surface area contributed by atoms with E-state index in [1.807, 2.05) is 30.3 Å². The van der Waals surface area contributed by atoms with E-state index in [0.29, 0.717) is 16.9 Å². The molecule has 0 unspecified atom stereocenters. The Kier molecular flexibility index (Phi) is 2.87. The molecule has 3 N–H and O–H groups in total. The Balaban J connectivity index is 2.17. The number of amides is 1. The van der Waals surface area contributed by atoms with Crippen molar-refractivity contribution in [2.24, 2.45) is 5.73 Å².